The molecule has 0 bridgehead atoms. The molecule has 1 atom stereocenters. The van der Waals surface area contributed by atoms with Crippen molar-refractivity contribution in [1.29, 1.82) is 0 Å². The highest BCUT2D eigenvalue weighted by atomic mass is 16.5. The monoisotopic (exact) mass is 225 g/mol. The molecule has 1 aromatic rings. The van der Waals surface area contributed by atoms with Gasteiger partial charge in [0.15, 0.2) is 5.82 Å². The van der Waals surface area contributed by atoms with Crippen LogP contribution in [0.15, 0.2) is 0 Å². The van der Waals surface area contributed by atoms with E-state index in [1.54, 1.807) is 14.2 Å². The summed E-state index contributed by atoms with van der Waals surface area (Å²) in [5.74, 6) is 0.709. The van der Waals surface area contributed by atoms with E-state index in [-0.39, 0.29) is 11.6 Å². The summed E-state index contributed by atoms with van der Waals surface area (Å²) in [6, 6.07) is 0.0458. The second-order valence-electron chi connectivity index (χ2n) is 4.60. The highest BCUT2D eigenvalue weighted by Gasteiger charge is 2.38. The van der Waals surface area contributed by atoms with Crippen molar-refractivity contribution in [3.05, 3.63) is 5.82 Å². The summed E-state index contributed by atoms with van der Waals surface area (Å²) in [4.78, 5) is 1.46. The molecule has 1 heterocycles. The van der Waals surface area contributed by atoms with Gasteiger partial charge < -0.3 is 10.5 Å². The van der Waals surface area contributed by atoms with Crippen LogP contribution in [-0.4, -0.2) is 39.0 Å². The van der Waals surface area contributed by atoms with Crippen molar-refractivity contribution in [2.45, 2.75) is 43.7 Å². The fraction of sp³-hybridized carbons (Fsp3) is 0.900. The molecule has 0 amide bonds. The SMILES string of the molecule is COC1(CC(N)Cc2nnn(C)n2)CCC1. The lowest BCUT2D eigenvalue weighted by atomic mass is 9.75. The highest BCUT2D eigenvalue weighted by Crippen LogP contribution is 2.38. The summed E-state index contributed by atoms with van der Waals surface area (Å²) in [7, 11) is 3.52. The maximum absolute atomic E-state index is 6.09. The molecule has 6 heteroatoms. The third-order valence-corrected chi connectivity index (χ3v) is 3.33. The Morgan fingerprint density at radius 2 is 2.31 bits per heavy atom. The standard InChI is InChI=1S/C10H19N5O/c1-15-13-9(12-14-15)6-8(11)7-10(16-2)4-3-5-10/h8H,3-7,11H2,1-2H3. The molecule has 1 aliphatic rings. The molecule has 1 aliphatic carbocycles. The molecular weight excluding hydrogens is 206 g/mol. The van der Waals surface area contributed by atoms with Gasteiger partial charge in [-0.2, -0.15) is 4.80 Å². The second-order valence-corrected chi connectivity index (χ2v) is 4.60. The number of rotatable bonds is 5. The Labute approximate surface area is 95.1 Å². The van der Waals surface area contributed by atoms with E-state index in [4.69, 9.17) is 10.5 Å². The van der Waals surface area contributed by atoms with Crippen LogP contribution in [0.4, 0.5) is 0 Å². The number of nitrogens with zero attached hydrogens (tertiary/aromatic N) is 4. The predicted octanol–water partition coefficient (Wildman–Crippen LogP) is 0.0391. The van der Waals surface area contributed by atoms with Crippen LogP contribution in [-0.2, 0) is 18.2 Å². The van der Waals surface area contributed by atoms with Crippen LogP contribution in [0, 0.1) is 0 Å². The zero-order valence-corrected chi connectivity index (χ0v) is 9.89. The lowest BCUT2D eigenvalue weighted by Crippen LogP contribution is -2.45. The smallest absolute Gasteiger partial charge is 0.176 e. The largest absolute Gasteiger partial charge is 0.378 e. The van der Waals surface area contributed by atoms with Gasteiger partial charge >= 0.3 is 0 Å². The van der Waals surface area contributed by atoms with Crippen LogP contribution in [0.25, 0.3) is 0 Å². The predicted molar refractivity (Wildman–Crippen MR) is 58.7 cm³/mol. The van der Waals surface area contributed by atoms with Crippen LogP contribution in [0.3, 0.4) is 0 Å². The number of hydrogen-bond donors (Lipinski definition) is 1. The zero-order valence-electron chi connectivity index (χ0n) is 9.89. The van der Waals surface area contributed by atoms with Gasteiger partial charge in [0.1, 0.15) is 0 Å². The molecular formula is C10H19N5O. The van der Waals surface area contributed by atoms with E-state index >= 15 is 0 Å². The van der Waals surface area contributed by atoms with Gasteiger partial charge in [-0.15, -0.1) is 10.2 Å². The number of aryl methyl sites for hydroxylation is 1. The van der Waals surface area contributed by atoms with Gasteiger partial charge in [-0.05, 0) is 30.9 Å². The summed E-state index contributed by atoms with van der Waals surface area (Å²) >= 11 is 0. The van der Waals surface area contributed by atoms with Gasteiger partial charge in [0.25, 0.3) is 0 Å². The first-order chi connectivity index (χ1) is 7.63. The molecule has 16 heavy (non-hydrogen) atoms. The first kappa shape index (κ1) is 11.5. The lowest BCUT2D eigenvalue weighted by Gasteiger charge is -2.42. The second kappa shape index (κ2) is 4.47. The summed E-state index contributed by atoms with van der Waals surface area (Å²) in [6.07, 6.45) is 5.01. The van der Waals surface area contributed by atoms with Crippen molar-refractivity contribution in [3.63, 3.8) is 0 Å². The minimum Gasteiger partial charge on any atom is -0.378 e. The molecule has 0 aromatic carbocycles. The van der Waals surface area contributed by atoms with E-state index < -0.39 is 0 Å². The van der Waals surface area contributed by atoms with E-state index in [0.29, 0.717) is 12.2 Å². The Morgan fingerprint density at radius 3 is 2.75 bits per heavy atom. The van der Waals surface area contributed by atoms with Crippen LogP contribution in [0.1, 0.15) is 31.5 Å². The molecule has 2 rings (SSSR count). The molecule has 0 aliphatic heterocycles. The number of tetrazole rings is 1. The van der Waals surface area contributed by atoms with Crippen molar-refractivity contribution in [2.24, 2.45) is 12.8 Å². The van der Waals surface area contributed by atoms with Crippen molar-refractivity contribution in [2.75, 3.05) is 7.11 Å². The van der Waals surface area contributed by atoms with E-state index in [1.807, 2.05) is 0 Å². The van der Waals surface area contributed by atoms with Crippen molar-refractivity contribution in [1.82, 2.24) is 20.2 Å². The minimum atomic E-state index is 0.0155. The fourth-order valence-electron chi connectivity index (χ4n) is 2.25. The van der Waals surface area contributed by atoms with E-state index in [1.165, 1.54) is 11.2 Å². The lowest BCUT2D eigenvalue weighted by molar-refractivity contribution is -0.0814. The Balaban J connectivity index is 1.86. The molecule has 1 saturated carbocycles. The van der Waals surface area contributed by atoms with Gasteiger partial charge in [0.2, 0.25) is 0 Å². The number of aromatic nitrogens is 4. The molecule has 6 nitrogen and oxygen atoms in total. The van der Waals surface area contributed by atoms with Gasteiger partial charge in [-0.25, -0.2) is 0 Å². The van der Waals surface area contributed by atoms with Crippen molar-refractivity contribution in [3.8, 4) is 0 Å². The van der Waals surface area contributed by atoms with E-state index in [0.717, 1.165) is 19.3 Å². The Bertz CT molecular complexity index is 341. The Kier molecular flexibility index (Phi) is 3.20. The molecule has 0 spiro atoms. The van der Waals surface area contributed by atoms with Gasteiger partial charge in [-0.1, -0.05) is 0 Å². The number of methoxy groups -OCH3 is 1. The summed E-state index contributed by atoms with van der Waals surface area (Å²) < 4.78 is 5.55. The summed E-state index contributed by atoms with van der Waals surface area (Å²) in [6.45, 7) is 0. The molecule has 1 aromatic heterocycles. The number of hydrogen-bond acceptors (Lipinski definition) is 5. The van der Waals surface area contributed by atoms with Crippen molar-refractivity contribution >= 4 is 0 Å². The first-order valence-electron chi connectivity index (χ1n) is 5.67. The van der Waals surface area contributed by atoms with E-state index in [9.17, 15) is 0 Å². The Morgan fingerprint density at radius 1 is 1.56 bits per heavy atom. The third kappa shape index (κ3) is 2.38. The van der Waals surface area contributed by atoms with E-state index in [2.05, 4.69) is 15.4 Å². The number of nitrogens with two attached hydrogens (primary N) is 1. The molecule has 2 N–H and O–H groups in total. The van der Waals surface area contributed by atoms with Crippen LogP contribution in [0.2, 0.25) is 0 Å². The number of ether oxygens (including phenoxy) is 1. The average Bonchev–Trinajstić information content (AvgIpc) is 2.57. The molecule has 0 radical (unpaired) electrons. The van der Waals surface area contributed by atoms with Crippen LogP contribution in [0.5, 0.6) is 0 Å². The topological polar surface area (TPSA) is 78.9 Å². The summed E-state index contributed by atoms with van der Waals surface area (Å²) in [5.41, 5.74) is 6.10. The van der Waals surface area contributed by atoms with Crippen LogP contribution >= 0.6 is 0 Å². The van der Waals surface area contributed by atoms with Gasteiger partial charge in [0, 0.05) is 19.6 Å². The van der Waals surface area contributed by atoms with Crippen molar-refractivity contribution < 1.29 is 4.74 Å². The van der Waals surface area contributed by atoms with Gasteiger partial charge in [0.05, 0.1) is 12.6 Å². The maximum Gasteiger partial charge on any atom is 0.176 e. The molecule has 1 fully saturated rings. The quantitative estimate of drug-likeness (QED) is 0.765. The maximum atomic E-state index is 6.09. The summed E-state index contributed by atoms with van der Waals surface area (Å²) in [5, 5.41) is 11.8. The molecule has 1 unspecified atom stereocenters. The minimum absolute atomic E-state index is 0.0155. The molecule has 0 saturated heterocycles. The Hall–Kier alpha value is -1.01. The zero-order chi connectivity index (χ0) is 11.6. The third-order valence-electron chi connectivity index (χ3n) is 3.33. The highest BCUT2D eigenvalue weighted by molar-refractivity contribution is 4.95. The average molecular weight is 225 g/mol. The van der Waals surface area contributed by atoms with Gasteiger partial charge in [-0.3, -0.25) is 0 Å². The fourth-order valence-corrected chi connectivity index (χ4v) is 2.25. The molecule has 90 valence electrons. The van der Waals surface area contributed by atoms with Crippen LogP contribution < -0.4 is 5.73 Å². The normalized spacial score (nSPS) is 20.4. The first-order valence-corrected chi connectivity index (χ1v) is 5.67.